The molecule has 27 heavy (non-hydrogen) atoms. The third-order valence-corrected chi connectivity index (χ3v) is 5.99. The van der Waals surface area contributed by atoms with Gasteiger partial charge in [0.25, 0.3) is 0 Å². The second-order valence-corrected chi connectivity index (χ2v) is 8.21. The van der Waals surface area contributed by atoms with E-state index in [-0.39, 0.29) is 15.8 Å². The maximum Gasteiger partial charge on any atom is 0.336 e. The molecular formula is C19H18N2O5S. The summed E-state index contributed by atoms with van der Waals surface area (Å²) in [6.45, 7) is 0. The Hall–Kier alpha value is -2.97. The monoisotopic (exact) mass is 386 g/mol. The molecule has 0 saturated heterocycles. The Morgan fingerprint density at radius 1 is 1.07 bits per heavy atom. The van der Waals surface area contributed by atoms with Crippen LogP contribution < -0.4 is 4.74 Å². The smallest absolute Gasteiger partial charge is 0.336 e. The number of nitrogens with zero attached hydrogens (tertiary/aromatic N) is 2. The quantitative estimate of drug-likeness (QED) is 0.724. The van der Waals surface area contributed by atoms with Crippen LogP contribution in [0.4, 0.5) is 0 Å². The van der Waals surface area contributed by atoms with Crippen molar-refractivity contribution in [2.45, 2.75) is 4.90 Å². The minimum absolute atomic E-state index is 0.0124. The number of carboxylic acids is 1. The highest BCUT2D eigenvalue weighted by Crippen LogP contribution is 2.28. The normalized spacial score (nSPS) is 11.7. The zero-order valence-corrected chi connectivity index (χ0v) is 15.8. The SMILES string of the molecule is COc1ccc(-c2cc(C(=O)O)c3cc(S(=O)(=O)N(C)C)ccc3n2)cc1. The summed E-state index contributed by atoms with van der Waals surface area (Å²) in [5.41, 5.74) is 1.59. The summed E-state index contributed by atoms with van der Waals surface area (Å²) < 4.78 is 30.9. The number of hydrogen-bond donors (Lipinski definition) is 1. The van der Waals surface area contributed by atoms with Crippen LogP contribution >= 0.6 is 0 Å². The Labute approximate surface area is 156 Å². The van der Waals surface area contributed by atoms with E-state index in [9.17, 15) is 18.3 Å². The zero-order chi connectivity index (χ0) is 19.8. The van der Waals surface area contributed by atoms with Crippen LogP contribution in [-0.2, 0) is 10.0 Å². The number of carbonyl (C=O) groups is 1. The van der Waals surface area contributed by atoms with Crippen molar-refractivity contribution in [2.75, 3.05) is 21.2 Å². The van der Waals surface area contributed by atoms with Crippen LogP contribution in [0.3, 0.4) is 0 Å². The largest absolute Gasteiger partial charge is 0.497 e. The summed E-state index contributed by atoms with van der Waals surface area (Å²) in [5, 5.41) is 9.90. The molecule has 0 bridgehead atoms. The zero-order valence-electron chi connectivity index (χ0n) is 15.0. The summed E-state index contributed by atoms with van der Waals surface area (Å²) in [7, 11) is 0.717. The van der Waals surface area contributed by atoms with Crippen LogP contribution in [0.5, 0.6) is 5.75 Å². The molecule has 0 amide bonds. The number of methoxy groups -OCH3 is 1. The van der Waals surface area contributed by atoms with Crippen molar-refractivity contribution < 1.29 is 23.1 Å². The highest BCUT2D eigenvalue weighted by atomic mass is 32.2. The van der Waals surface area contributed by atoms with E-state index in [1.807, 2.05) is 0 Å². The molecule has 1 heterocycles. The molecule has 7 nitrogen and oxygen atoms in total. The number of fused-ring (bicyclic) bond motifs is 1. The van der Waals surface area contributed by atoms with Gasteiger partial charge in [0.1, 0.15) is 5.75 Å². The maximum absolute atomic E-state index is 12.4. The van der Waals surface area contributed by atoms with E-state index in [2.05, 4.69) is 4.98 Å². The molecule has 3 aromatic rings. The topological polar surface area (TPSA) is 96.8 Å². The fraction of sp³-hybridized carbons (Fsp3) is 0.158. The van der Waals surface area contributed by atoms with Gasteiger partial charge in [-0.1, -0.05) is 0 Å². The molecule has 0 spiro atoms. The number of ether oxygens (including phenoxy) is 1. The molecule has 0 unspecified atom stereocenters. The number of rotatable bonds is 5. The van der Waals surface area contributed by atoms with E-state index in [0.717, 1.165) is 9.87 Å². The van der Waals surface area contributed by atoms with Crippen LogP contribution in [0.2, 0.25) is 0 Å². The number of carboxylic acid groups (broad SMARTS) is 1. The summed E-state index contributed by atoms with van der Waals surface area (Å²) in [6, 6.07) is 12.8. The Morgan fingerprint density at radius 2 is 1.74 bits per heavy atom. The van der Waals surface area contributed by atoms with Gasteiger partial charge < -0.3 is 9.84 Å². The number of aromatic nitrogens is 1. The summed E-state index contributed by atoms with van der Waals surface area (Å²) in [5.74, 6) is -0.479. The molecule has 0 atom stereocenters. The molecule has 0 aliphatic heterocycles. The van der Waals surface area contributed by atoms with E-state index < -0.39 is 16.0 Å². The lowest BCUT2D eigenvalue weighted by molar-refractivity contribution is 0.0699. The molecule has 1 aromatic heterocycles. The minimum Gasteiger partial charge on any atom is -0.497 e. The molecule has 140 valence electrons. The predicted molar refractivity (Wildman–Crippen MR) is 102 cm³/mol. The summed E-state index contributed by atoms with van der Waals surface area (Å²) in [6.07, 6.45) is 0. The van der Waals surface area contributed by atoms with E-state index in [1.54, 1.807) is 31.4 Å². The number of sulfonamides is 1. The molecule has 0 radical (unpaired) electrons. The van der Waals surface area contributed by atoms with Crippen molar-refractivity contribution >= 4 is 26.9 Å². The standard InChI is InChI=1S/C19H18N2O5S/c1-21(2)27(24,25)14-8-9-17-15(10-14)16(19(22)23)11-18(20-17)12-4-6-13(26-3)7-5-12/h4-11H,1-3H3,(H,22,23). The van der Waals surface area contributed by atoms with Crippen molar-refractivity contribution in [1.82, 2.24) is 9.29 Å². The molecule has 1 N–H and O–H groups in total. The van der Waals surface area contributed by atoms with Crippen LogP contribution in [0, 0.1) is 0 Å². The highest BCUT2D eigenvalue weighted by Gasteiger charge is 2.20. The average Bonchev–Trinajstić information content (AvgIpc) is 2.66. The van der Waals surface area contributed by atoms with E-state index in [1.165, 1.54) is 38.4 Å². The molecule has 8 heteroatoms. The van der Waals surface area contributed by atoms with Crippen LogP contribution in [0.1, 0.15) is 10.4 Å². The molecule has 0 aliphatic rings. The van der Waals surface area contributed by atoms with Crippen molar-refractivity contribution in [3.8, 4) is 17.0 Å². The lowest BCUT2D eigenvalue weighted by Gasteiger charge is -2.13. The van der Waals surface area contributed by atoms with Gasteiger partial charge in [0.2, 0.25) is 10.0 Å². The molecule has 0 aliphatic carbocycles. The predicted octanol–water partition coefficient (Wildman–Crippen LogP) is 2.86. The van der Waals surface area contributed by atoms with Crippen molar-refractivity contribution in [1.29, 1.82) is 0 Å². The first kappa shape index (κ1) is 18.8. The van der Waals surface area contributed by atoms with Gasteiger partial charge >= 0.3 is 5.97 Å². The van der Waals surface area contributed by atoms with E-state index in [0.29, 0.717) is 17.0 Å². The van der Waals surface area contributed by atoms with Gasteiger partial charge in [-0.2, -0.15) is 0 Å². The number of hydrogen-bond acceptors (Lipinski definition) is 5. The van der Waals surface area contributed by atoms with Gasteiger partial charge in [0.05, 0.1) is 28.8 Å². The Morgan fingerprint density at radius 3 is 2.30 bits per heavy atom. The molecule has 2 aromatic carbocycles. The van der Waals surface area contributed by atoms with Crippen molar-refractivity contribution in [3.63, 3.8) is 0 Å². The van der Waals surface area contributed by atoms with Gasteiger partial charge in [0, 0.05) is 25.0 Å². The first-order chi connectivity index (χ1) is 12.7. The number of aromatic carboxylic acids is 1. The number of benzene rings is 2. The first-order valence-corrected chi connectivity index (χ1v) is 9.43. The van der Waals surface area contributed by atoms with Gasteiger partial charge in [-0.15, -0.1) is 0 Å². The molecule has 0 fully saturated rings. The molecule has 0 saturated carbocycles. The number of pyridine rings is 1. The van der Waals surface area contributed by atoms with Crippen molar-refractivity contribution in [2.24, 2.45) is 0 Å². The Bertz CT molecular complexity index is 1120. The summed E-state index contributed by atoms with van der Waals surface area (Å²) in [4.78, 5) is 16.3. The Balaban J connectivity index is 2.22. The Kier molecular flexibility index (Phi) is 4.86. The van der Waals surface area contributed by atoms with Crippen LogP contribution in [-0.4, -0.2) is 50.0 Å². The van der Waals surface area contributed by atoms with Gasteiger partial charge in [-0.25, -0.2) is 22.5 Å². The third-order valence-electron chi connectivity index (χ3n) is 4.17. The fourth-order valence-electron chi connectivity index (χ4n) is 2.66. The molecular weight excluding hydrogens is 368 g/mol. The van der Waals surface area contributed by atoms with Gasteiger partial charge in [-0.05, 0) is 48.5 Å². The summed E-state index contributed by atoms with van der Waals surface area (Å²) >= 11 is 0. The van der Waals surface area contributed by atoms with Crippen LogP contribution in [0.15, 0.2) is 53.4 Å². The second-order valence-electron chi connectivity index (χ2n) is 6.06. The highest BCUT2D eigenvalue weighted by molar-refractivity contribution is 7.89. The van der Waals surface area contributed by atoms with Crippen molar-refractivity contribution in [3.05, 3.63) is 54.1 Å². The van der Waals surface area contributed by atoms with Gasteiger partial charge in [-0.3, -0.25) is 0 Å². The van der Waals surface area contributed by atoms with E-state index >= 15 is 0 Å². The third kappa shape index (κ3) is 3.49. The lowest BCUT2D eigenvalue weighted by atomic mass is 10.0. The maximum atomic E-state index is 12.4. The first-order valence-electron chi connectivity index (χ1n) is 7.99. The average molecular weight is 386 g/mol. The van der Waals surface area contributed by atoms with Crippen LogP contribution in [0.25, 0.3) is 22.2 Å². The fourth-order valence-corrected chi connectivity index (χ4v) is 3.59. The molecule has 3 rings (SSSR count). The lowest BCUT2D eigenvalue weighted by Crippen LogP contribution is -2.22. The second kappa shape index (κ2) is 6.98. The van der Waals surface area contributed by atoms with Gasteiger partial charge in [0.15, 0.2) is 0 Å². The minimum atomic E-state index is -3.68. The van der Waals surface area contributed by atoms with E-state index in [4.69, 9.17) is 4.74 Å².